The number of nitrogens with zero attached hydrogens (tertiary/aromatic N) is 2. The van der Waals surface area contributed by atoms with Gasteiger partial charge in [-0.2, -0.15) is 0 Å². The van der Waals surface area contributed by atoms with Gasteiger partial charge in [0.1, 0.15) is 5.82 Å². The number of benzene rings is 1. The lowest BCUT2D eigenvalue weighted by Crippen LogP contribution is -2.42. The van der Waals surface area contributed by atoms with Gasteiger partial charge in [-0.05, 0) is 56.2 Å². The molecule has 0 N–H and O–H groups in total. The third-order valence-electron chi connectivity index (χ3n) is 5.15. The monoisotopic (exact) mass is 354 g/mol. The average molecular weight is 354 g/mol. The van der Waals surface area contributed by atoms with E-state index < -0.39 is 10.0 Å². The van der Waals surface area contributed by atoms with Crippen LogP contribution in [0.4, 0.5) is 4.39 Å². The van der Waals surface area contributed by atoms with E-state index >= 15 is 0 Å². The summed E-state index contributed by atoms with van der Waals surface area (Å²) in [4.78, 5) is 2.35. The summed E-state index contributed by atoms with van der Waals surface area (Å²) in [6.07, 6.45) is 4.48. The van der Waals surface area contributed by atoms with Gasteiger partial charge in [-0.15, -0.1) is 0 Å². The summed E-state index contributed by atoms with van der Waals surface area (Å²) >= 11 is 0. The van der Waals surface area contributed by atoms with E-state index in [-0.39, 0.29) is 11.1 Å². The molecule has 0 amide bonds. The Bertz CT molecular complexity index is 661. The van der Waals surface area contributed by atoms with Crippen LogP contribution in [-0.2, 0) is 16.4 Å². The molecule has 1 aliphatic carbocycles. The zero-order chi connectivity index (χ0) is 17.2. The lowest BCUT2D eigenvalue weighted by molar-refractivity contribution is 0.163. The molecule has 0 spiro atoms. The Morgan fingerprint density at radius 1 is 1.25 bits per heavy atom. The Morgan fingerprint density at radius 3 is 2.71 bits per heavy atom. The van der Waals surface area contributed by atoms with Crippen molar-refractivity contribution in [3.8, 4) is 0 Å². The molecule has 4 nitrogen and oxygen atoms in total. The molecule has 0 aromatic heterocycles. The molecule has 1 heterocycles. The summed E-state index contributed by atoms with van der Waals surface area (Å²) in [7, 11) is -1.36. The summed E-state index contributed by atoms with van der Waals surface area (Å²) in [5.74, 6) is 0.235. The highest BCUT2D eigenvalue weighted by Crippen LogP contribution is 2.31. The second-order valence-electron chi connectivity index (χ2n) is 7.18. The van der Waals surface area contributed by atoms with Crippen LogP contribution >= 0.6 is 0 Å². The van der Waals surface area contributed by atoms with Crippen molar-refractivity contribution in [3.63, 3.8) is 0 Å². The van der Waals surface area contributed by atoms with Crippen molar-refractivity contribution >= 4 is 10.0 Å². The van der Waals surface area contributed by atoms with Crippen molar-refractivity contribution in [2.45, 2.75) is 37.4 Å². The fourth-order valence-electron chi connectivity index (χ4n) is 3.57. The van der Waals surface area contributed by atoms with Crippen molar-refractivity contribution in [2.75, 3.05) is 33.2 Å². The Morgan fingerprint density at radius 2 is 2.00 bits per heavy atom. The molecule has 24 heavy (non-hydrogen) atoms. The second-order valence-corrected chi connectivity index (χ2v) is 9.50. The quantitative estimate of drug-likeness (QED) is 0.755. The van der Waals surface area contributed by atoms with Gasteiger partial charge in [0.2, 0.25) is 10.0 Å². The standard InChI is InChI=1S/C18H27FN2O2S/c1-20(24(22,23)17-8-9-17)13-15-5-4-11-21(14-15)12-10-16-6-2-3-7-18(16)19/h2-3,6-7,15,17H,4-5,8-14H2,1H3. The van der Waals surface area contributed by atoms with Crippen molar-refractivity contribution < 1.29 is 12.8 Å². The molecule has 1 aliphatic heterocycles. The lowest BCUT2D eigenvalue weighted by Gasteiger charge is -2.34. The molecule has 1 saturated carbocycles. The molecular weight excluding hydrogens is 327 g/mol. The number of hydrogen-bond donors (Lipinski definition) is 0. The van der Waals surface area contributed by atoms with Crippen LogP contribution in [0.3, 0.4) is 0 Å². The zero-order valence-electron chi connectivity index (χ0n) is 14.3. The number of piperidine rings is 1. The second kappa shape index (κ2) is 7.50. The maximum atomic E-state index is 13.7. The maximum absolute atomic E-state index is 13.7. The number of likely N-dealkylation sites (tertiary alicyclic amines) is 1. The smallest absolute Gasteiger partial charge is 0.216 e. The molecule has 1 aromatic carbocycles. The minimum Gasteiger partial charge on any atom is -0.303 e. The summed E-state index contributed by atoms with van der Waals surface area (Å²) in [6.45, 7) is 3.36. The highest BCUT2D eigenvalue weighted by molar-refractivity contribution is 7.90. The molecule has 2 fully saturated rings. The molecule has 1 saturated heterocycles. The molecule has 1 atom stereocenters. The summed E-state index contributed by atoms with van der Waals surface area (Å²) in [5.41, 5.74) is 0.757. The van der Waals surface area contributed by atoms with Crippen LogP contribution < -0.4 is 0 Å². The molecule has 1 aromatic rings. The summed E-state index contributed by atoms with van der Waals surface area (Å²) in [6, 6.07) is 6.93. The Labute approximate surface area is 144 Å². The first-order valence-corrected chi connectivity index (χ1v) is 10.4. The minimum atomic E-state index is -3.08. The average Bonchev–Trinajstić information content (AvgIpc) is 3.40. The SMILES string of the molecule is CN(CC1CCCN(CCc2ccccc2F)C1)S(=O)(=O)C1CC1. The molecular formula is C18H27FN2O2S. The highest BCUT2D eigenvalue weighted by atomic mass is 32.2. The Hall–Kier alpha value is -0.980. The van der Waals surface area contributed by atoms with Crippen LogP contribution in [0, 0.1) is 11.7 Å². The van der Waals surface area contributed by atoms with Crippen LogP contribution in [0.1, 0.15) is 31.2 Å². The first-order chi connectivity index (χ1) is 11.5. The first-order valence-electron chi connectivity index (χ1n) is 8.87. The van der Waals surface area contributed by atoms with Crippen molar-refractivity contribution in [1.29, 1.82) is 0 Å². The third kappa shape index (κ3) is 4.35. The van der Waals surface area contributed by atoms with Gasteiger partial charge in [0.05, 0.1) is 5.25 Å². The van der Waals surface area contributed by atoms with Crippen LogP contribution in [0.5, 0.6) is 0 Å². The first kappa shape index (κ1) is 17.8. The van der Waals surface area contributed by atoms with Crippen LogP contribution in [0.15, 0.2) is 24.3 Å². The van der Waals surface area contributed by atoms with Crippen molar-refractivity contribution in [2.24, 2.45) is 5.92 Å². The lowest BCUT2D eigenvalue weighted by atomic mass is 9.97. The van der Waals surface area contributed by atoms with E-state index in [4.69, 9.17) is 0 Å². The summed E-state index contributed by atoms with van der Waals surface area (Å²) in [5, 5.41) is -0.136. The molecule has 134 valence electrons. The number of sulfonamides is 1. The third-order valence-corrected chi connectivity index (χ3v) is 7.49. The Kier molecular flexibility index (Phi) is 5.57. The normalized spacial score (nSPS) is 22.9. The van der Waals surface area contributed by atoms with E-state index in [2.05, 4.69) is 4.90 Å². The van der Waals surface area contributed by atoms with Gasteiger partial charge in [0.15, 0.2) is 0 Å². The molecule has 2 aliphatic rings. The van der Waals surface area contributed by atoms with E-state index in [0.717, 1.165) is 50.9 Å². The van der Waals surface area contributed by atoms with Crippen LogP contribution in [0.2, 0.25) is 0 Å². The predicted molar refractivity (Wildman–Crippen MR) is 93.8 cm³/mol. The number of rotatable bonds is 7. The number of halogens is 1. The van der Waals surface area contributed by atoms with Gasteiger partial charge in [0, 0.05) is 26.7 Å². The van der Waals surface area contributed by atoms with Crippen molar-refractivity contribution in [1.82, 2.24) is 9.21 Å². The molecule has 3 rings (SSSR count). The minimum absolute atomic E-state index is 0.136. The van der Waals surface area contributed by atoms with Crippen molar-refractivity contribution in [3.05, 3.63) is 35.6 Å². The highest BCUT2D eigenvalue weighted by Gasteiger charge is 2.39. The van der Waals surface area contributed by atoms with Gasteiger partial charge >= 0.3 is 0 Å². The van der Waals surface area contributed by atoms with E-state index in [1.807, 2.05) is 12.1 Å². The van der Waals surface area contributed by atoms with Gasteiger partial charge in [-0.25, -0.2) is 17.1 Å². The van der Waals surface area contributed by atoms with Gasteiger partial charge in [0.25, 0.3) is 0 Å². The summed E-state index contributed by atoms with van der Waals surface area (Å²) < 4.78 is 39.8. The molecule has 0 bridgehead atoms. The maximum Gasteiger partial charge on any atom is 0.216 e. The molecule has 6 heteroatoms. The van der Waals surface area contributed by atoms with Gasteiger partial charge < -0.3 is 4.90 Å². The molecule has 1 unspecified atom stereocenters. The Balaban J connectivity index is 1.50. The van der Waals surface area contributed by atoms with Crippen LogP contribution in [0.25, 0.3) is 0 Å². The fraction of sp³-hybridized carbons (Fsp3) is 0.667. The predicted octanol–water partition coefficient (Wildman–Crippen LogP) is 2.50. The van der Waals surface area contributed by atoms with Gasteiger partial charge in [-0.3, -0.25) is 0 Å². The van der Waals surface area contributed by atoms with E-state index in [1.54, 1.807) is 17.4 Å². The van der Waals surface area contributed by atoms with E-state index in [0.29, 0.717) is 18.9 Å². The largest absolute Gasteiger partial charge is 0.303 e. The van der Waals surface area contributed by atoms with E-state index in [1.165, 1.54) is 6.07 Å². The topological polar surface area (TPSA) is 40.6 Å². The van der Waals surface area contributed by atoms with Gasteiger partial charge in [-0.1, -0.05) is 18.2 Å². The van der Waals surface area contributed by atoms with Crippen LogP contribution in [-0.4, -0.2) is 56.1 Å². The zero-order valence-corrected chi connectivity index (χ0v) is 15.1. The fourth-order valence-corrected chi connectivity index (χ4v) is 5.23. The number of hydrogen-bond acceptors (Lipinski definition) is 3. The molecule has 0 radical (unpaired) electrons. The van der Waals surface area contributed by atoms with E-state index in [9.17, 15) is 12.8 Å².